The van der Waals surface area contributed by atoms with Crippen LogP contribution in [0.1, 0.15) is 6.92 Å². The Balaban J connectivity index is 2.30. The van der Waals surface area contributed by atoms with E-state index in [0.717, 1.165) is 0 Å². The Morgan fingerprint density at radius 2 is 2.05 bits per heavy atom. The van der Waals surface area contributed by atoms with E-state index in [1.165, 1.54) is 24.5 Å². The van der Waals surface area contributed by atoms with Crippen LogP contribution in [0.15, 0.2) is 29.0 Å². The molecule has 0 saturated heterocycles. The molecule has 2 rings (SSSR count). The van der Waals surface area contributed by atoms with Gasteiger partial charge in [-0.2, -0.15) is 9.97 Å². The van der Waals surface area contributed by atoms with Crippen LogP contribution in [0.4, 0.5) is 10.1 Å². The van der Waals surface area contributed by atoms with Gasteiger partial charge in [-0.15, -0.1) is 0 Å². The van der Waals surface area contributed by atoms with Crippen molar-refractivity contribution in [3.63, 3.8) is 0 Å². The van der Waals surface area contributed by atoms with Gasteiger partial charge in [-0.3, -0.25) is 0 Å². The van der Waals surface area contributed by atoms with Gasteiger partial charge in [0.1, 0.15) is 17.9 Å². The highest BCUT2D eigenvalue weighted by Crippen LogP contribution is 2.34. The second-order valence-electron chi connectivity index (χ2n) is 3.51. The average molecular weight is 328 g/mol. The van der Waals surface area contributed by atoms with Gasteiger partial charge in [0.05, 0.1) is 11.1 Å². The van der Waals surface area contributed by atoms with Crippen molar-refractivity contribution < 1.29 is 13.9 Å². The third-order valence-electron chi connectivity index (χ3n) is 2.19. The lowest BCUT2D eigenvalue weighted by Crippen LogP contribution is -2.03. The number of nitrogen functional groups attached to an aromatic ring is 1. The summed E-state index contributed by atoms with van der Waals surface area (Å²) in [4.78, 5) is 7.82. The Morgan fingerprint density at radius 3 is 2.74 bits per heavy atom. The van der Waals surface area contributed by atoms with Crippen LogP contribution in [-0.4, -0.2) is 16.6 Å². The van der Waals surface area contributed by atoms with Crippen molar-refractivity contribution in [3.05, 3.63) is 34.8 Å². The van der Waals surface area contributed by atoms with Gasteiger partial charge in [0.2, 0.25) is 11.8 Å². The molecule has 0 aliphatic rings. The van der Waals surface area contributed by atoms with Crippen molar-refractivity contribution in [2.45, 2.75) is 6.92 Å². The highest BCUT2D eigenvalue weighted by molar-refractivity contribution is 9.10. The van der Waals surface area contributed by atoms with E-state index < -0.39 is 0 Å². The normalized spacial score (nSPS) is 10.3. The Labute approximate surface area is 117 Å². The molecule has 1 aromatic heterocycles. The molecule has 0 radical (unpaired) electrons. The molecule has 1 aromatic carbocycles. The number of anilines is 1. The lowest BCUT2D eigenvalue weighted by Gasteiger charge is -2.11. The topological polar surface area (TPSA) is 70.3 Å². The van der Waals surface area contributed by atoms with E-state index >= 15 is 0 Å². The molecular formula is C12H11BrFN3O2. The molecule has 7 heteroatoms. The first-order valence-electron chi connectivity index (χ1n) is 5.48. The number of rotatable bonds is 4. The highest BCUT2D eigenvalue weighted by Gasteiger charge is 2.12. The van der Waals surface area contributed by atoms with Crippen LogP contribution in [-0.2, 0) is 0 Å². The number of aromatic nitrogens is 2. The van der Waals surface area contributed by atoms with Crippen molar-refractivity contribution in [2.24, 2.45) is 0 Å². The van der Waals surface area contributed by atoms with Crippen LogP contribution in [0.3, 0.4) is 0 Å². The maximum absolute atomic E-state index is 13.0. The average Bonchev–Trinajstić information content (AvgIpc) is 2.37. The summed E-state index contributed by atoms with van der Waals surface area (Å²) in [7, 11) is 0. The third kappa shape index (κ3) is 3.11. The van der Waals surface area contributed by atoms with Gasteiger partial charge in [0, 0.05) is 0 Å². The summed E-state index contributed by atoms with van der Waals surface area (Å²) in [6.07, 6.45) is 1.29. The zero-order valence-corrected chi connectivity index (χ0v) is 11.6. The van der Waals surface area contributed by atoms with E-state index in [9.17, 15) is 4.39 Å². The fraction of sp³-hybridized carbons (Fsp3) is 0.167. The number of nitrogens with two attached hydrogens (primary N) is 1. The van der Waals surface area contributed by atoms with Crippen LogP contribution in [0.25, 0.3) is 0 Å². The molecule has 1 heterocycles. The minimum atomic E-state index is -0.370. The number of ether oxygens (including phenoxy) is 2. The van der Waals surface area contributed by atoms with E-state index in [1.807, 2.05) is 6.92 Å². The second-order valence-corrected chi connectivity index (χ2v) is 4.36. The number of nitrogens with zero attached hydrogens (tertiary/aromatic N) is 2. The zero-order valence-electron chi connectivity index (χ0n) is 10.1. The first-order valence-corrected chi connectivity index (χ1v) is 6.27. The Kier molecular flexibility index (Phi) is 4.16. The van der Waals surface area contributed by atoms with Crippen LogP contribution in [0, 0.1) is 5.82 Å². The third-order valence-corrected chi connectivity index (χ3v) is 2.81. The van der Waals surface area contributed by atoms with Crippen molar-refractivity contribution in [3.8, 4) is 17.5 Å². The molecule has 2 N–H and O–H groups in total. The number of hydrogen-bond donors (Lipinski definition) is 1. The monoisotopic (exact) mass is 327 g/mol. The fourth-order valence-electron chi connectivity index (χ4n) is 1.36. The van der Waals surface area contributed by atoms with Crippen molar-refractivity contribution >= 4 is 21.6 Å². The quantitative estimate of drug-likeness (QED) is 0.934. The Hall–Kier alpha value is -1.89. The summed E-state index contributed by atoms with van der Waals surface area (Å²) in [5.74, 6) is 0.440. The molecule has 100 valence electrons. The predicted octanol–water partition coefficient (Wildman–Crippen LogP) is 3.15. The smallest absolute Gasteiger partial charge is 0.249 e. The molecule has 0 atom stereocenters. The van der Waals surface area contributed by atoms with Gasteiger partial charge in [-0.25, -0.2) is 4.39 Å². The predicted molar refractivity (Wildman–Crippen MR) is 71.8 cm³/mol. The van der Waals surface area contributed by atoms with Gasteiger partial charge in [-0.05, 0) is 41.1 Å². The Bertz CT molecular complexity index is 595. The Morgan fingerprint density at radius 1 is 1.32 bits per heavy atom. The highest BCUT2D eigenvalue weighted by atomic mass is 79.9. The molecular weight excluding hydrogens is 317 g/mol. The molecule has 0 bridgehead atoms. The molecule has 2 aromatic rings. The maximum Gasteiger partial charge on any atom is 0.249 e. The molecule has 0 unspecified atom stereocenters. The number of halogens is 2. The van der Waals surface area contributed by atoms with E-state index in [0.29, 0.717) is 16.8 Å². The molecule has 0 spiro atoms. The lowest BCUT2D eigenvalue weighted by atomic mass is 10.3. The standard InChI is InChI=1S/C12H11BrFN3O2/c1-2-18-11-10(15)12(17-6-16-11)19-9-4-3-7(14)5-8(9)13/h3-6H,2,15H2,1H3. The molecule has 0 amide bonds. The maximum atomic E-state index is 13.0. The second kappa shape index (κ2) is 5.83. The van der Waals surface area contributed by atoms with E-state index in [1.54, 1.807) is 0 Å². The molecule has 5 nitrogen and oxygen atoms in total. The first-order chi connectivity index (χ1) is 9.11. The van der Waals surface area contributed by atoms with E-state index in [2.05, 4.69) is 25.9 Å². The molecule has 0 aliphatic heterocycles. The summed E-state index contributed by atoms with van der Waals surface area (Å²) >= 11 is 3.20. The van der Waals surface area contributed by atoms with E-state index in [4.69, 9.17) is 15.2 Å². The first kappa shape index (κ1) is 13.5. The summed E-state index contributed by atoms with van der Waals surface area (Å²) in [5, 5.41) is 0. The van der Waals surface area contributed by atoms with Crippen molar-refractivity contribution in [2.75, 3.05) is 12.3 Å². The lowest BCUT2D eigenvalue weighted by molar-refractivity contribution is 0.325. The van der Waals surface area contributed by atoms with Crippen molar-refractivity contribution in [1.82, 2.24) is 9.97 Å². The molecule has 0 aliphatic carbocycles. The minimum absolute atomic E-state index is 0.158. The van der Waals surface area contributed by atoms with Crippen LogP contribution < -0.4 is 15.2 Å². The summed E-state index contributed by atoms with van der Waals surface area (Å²) in [6, 6.07) is 4.04. The van der Waals surface area contributed by atoms with Crippen LogP contribution >= 0.6 is 15.9 Å². The molecule has 0 saturated carbocycles. The zero-order chi connectivity index (χ0) is 13.8. The largest absolute Gasteiger partial charge is 0.476 e. The number of benzene rings is 1. The van der Waals surface area contributed by atoms with Crippen molar-refractivity contribution in [1.29, 1.82) is 0 Å². The van der Waals surface area contributed by atoms with Gasteiger partial charge < -0.3 is 15.2 Å². The SMILES string of the molecule is CCOc1ncnc(Oc2ccc(F)cc2Br)c1N. The summed E-state index contributed by atoms with van der Waals surface area (Å²) in [6.45, 7) is 2.25. The van der Waals surface area contributed by atoms with Gasteiger partial charge in [0.15, 0.2) is 5.69 Å². The van der Waals surface area contributed by atoms with E-state index in [-0.39, 0.29) is 23.3 Å². The minimum Gasteiger partial charge on any atom is -0.476 e. The van der Waals surface area contributed by atoms with Gasteiger partial charge >= 0.3 is 0 Å². The summed E-state index contributed by atoms with van der Waals surface area (Å²) < 4.78 is 24.2. The van der Waals surface area contributed by atoms with Crippen LogP contribution in [0.5, 0.6) is 17.5 Å². The summed E-state index contributed by atoms with van der Waals surface area (Å²) in [5.41, 5.74) is 6.03. The molecule has 19 heavy (non-hydrogen) atoms. The number of hydrogen-bond acceptors (Lipinski definition) is 5. The van der Waals surface area contributed by atoms with Gasteiger partial charge in [-0.1, -0.05) is 0 Å². The van der Waals surface area contributed by atoms with Crippen LogP contribution in [0.2, 0.25) is 0 Å². The fourth-order valence-corrected chi connectivity index (χ4v) is 1.79. The van der Waals surface area contributed by atoms with Gasteiger partial charge in [0.25, 0.3) is 0 Å². The molecule has 0 fully saturated rings.